The zero-order valence-corrected chi connectivity index (χ0v) is 16.0. The van der Waals surface area contributed by atoms with Crippen molar-refractivity contribution in [1.29, 1.82) is 0 Å². The summed E-state index contributed by atoms with van der Waals surface area (Å²) in [7, 11) is 0. The van der Waals surface area contributed by atoms with Crippen LogP contribution in [0.5, 0.6) is 0 Å². The number of nitrogens with one attached hydrogen (secondary N) is 1. The van der Waals surface area contributed by atoms with Gasteiger partial charge < -0.3 is 19.9 Å². The van der Waals surface area contributed by atoms with Crippen molar-refractivity contribution in [2.24, 2.45) is 5.92 Å². The van der Waals surface area contributed by atoms with E-state index < -0.39 is 11.9 Å². The topological polar surface area (TPSA) is 99.8 Å². The van der Waals surface area contributed by atoms with Gasteiger partial charge in [0.1, 0.15) is 5.76 Å². The van der Waals surface area contributed by atoms with Gasteiger partial charge in [-0.25, -0.2) is 9.59 Å². The molecule has 0 bridgehead atoms. The lowest BCUT2D eigenvalue weighted by Crippen LogP contribution is -2.17. The van der Waals surface area contributed by atoms with Crippen molar-refractivity contribution >= 4 is 23.3 Å². The molecule has 1 unspecified atom stereocenters. The van der Waals surface area contributed by atoms with E-state index >= 15 is 0 Å². The minimum atomic E-state index is -1.82. The van der Waals surface area contributed by atoms with E-state index in [0.29, 0.717) is 5.92 Å². The number of rotatable bonds is 9. The van der Waals surface area contributed by atoms with Gasteiger partial charge >= 0.3 is 11.9 Å². The normalized spacial score (nSPS) is 11.7. The second kappa shape index (κ2) is 12.3. The van der Waals surface area contributed by atoms with Gasteiger partial charge in [-0.15, -0.1) is 11.3 Å². The Balaban J connectivity index is 0.000000487. The maximum Gasteiger partial charge on any atom is 0.414 e. The Hall–Kier alpha value is -2.12. The van der Waals surface area contributed by atoms with Gasteiger partial charge in [-0.3, -0.25) is 0 Å². The highest BCUT2D eigenvalue weighted by Crippen LogP contribution is 2.26. The maximum absolute atomic E-state index is 9.10. The number of carboxylic acid groups (broad SMARTS) is 2. The Labute approximate surface area is 157 Å². The van der Waals surface area contributed by atoms with E-state index in [2.05, 4.69) is 42.7 Å². The molecular formula is C19H27NO5S. The van der Waals surface area contributed by atoms with Crippen LogP contribution in [0.2, 0.25) is 0 Å². The summed E-state index contributed by atoms with van der Waals surface area (Å²) in [6, 6.07) is 8.40. The van der Waals surface area contributed by atoms with Gasteiger partial charge in [0, 0.05) is 17.3 Å². The average molecular weight is 381 g/mol. The van der Waals surface area contributed by atoms with Crippen molar-refractivity contribution in [3.05, 3.63) is 46.5 Å². The lowest BCUT2D eigenvalue weighted by molar-refractivity contribution is -0.159. The molecule has 0 aliphatic heterocycles. The Kier molecular flexibility index (Phi) is 10.3. The minimum absolute atomic E-state index is 0.545. The molecule has 0 radical (unpaired) electrons. The van der Waals surface area contributed by atoms with Crippen LogP contribution in [0.3, 0.4) is 0 Å². The summed E-state index contributed by atoms with van der Waals surface area (Å²) in [6.07, 6.45) is 5.41. The van der Waals surface area contributed by atoms with E-state index in [1.54, 1.807) is 6.26 Å². The molecule has 3 N–H and O–H groups in total. The molecule has 7 heteroatoms. The standard InChI is InChI=1S/C17H25NOS.C2H2O4/c1-14(2)7-8-15(17-6-3-11-19-17)9-10-18-13-16-5-4-12-20-16;3-1(4)2(5)6/h3-6,11-12,14-15,18H,7-10,13H2,1-2H3;(H,3,4)(H,5,6). The maximum atomic E-state index is 9.10. The summed E-state index contributed by atoms with van der Waals surface area (Å²) in [5, 5.41) is 20.4. The van der Waals surface area contributed by atoms with Crippen LogP contribution < -0.4 is 5.32 Å². The zero-order valence-electron chi connectivity index (χ0n) is 15.2. The summed E-state index contributed by atoms with van der Waals surface area (Å²) < 4.78 is 5.61. The highest BCUT2D eigenvalue weighted by molar-refractivity contribution is 7.09. The lowest BCUT2D eigenvalue weighted by Gasteiger charge is -2.16. The number of hydrogen-bond acceptors (Lipinski definition) is 5. The molecule has 1 atom stereocenters. The van der Waals surface area contributed by atoms with Gasteiger partial charge in [0.2, 0.25) is 0 Å². The van der Waals surface area contributed by atoms with Crippen molar-refractivity contribution in [1.82, 2.24) is 5.32 Å². The van der Waals surface area contributed by atoms with Crippen molar-refractivity contribution in [3.63, 3.8) is 0 Å². The monoisotopic (exact) mass is 381 g/mol. The van der Waals surface area contributed by atoms with Gasteiger partial charge in [-0.1, -0.05) is 26.3 Å². The number of thiophene rings is 1. The van der Waals surface area contributed by atoms with Crippen LogP contribution in [0.4, 0.5) is 0 Å². The minimum Gasteiger partial charge on any atom is -0.473 e. The van der Waals surface area contributed by atoms with Gasteiger partial charge in [0.15, 0.2) is 0 Å². The van der Waals surface area contributed by atoms with Crippen molar-refractivity contribution < 1.29 is 24.2 Å². The summed E-state index contributed by atoms with van der Waals surface area (Å²) in [5.74, 6) is -1.21. The molecule has 2 rings (SSSR count). The predicted octanol–water partition coefficient (Wildman–Crippen LogP) is 4.20. The Morgan fingerprint density at radius 1 is 1.12 bits per heavy atom. The first-order valence-electron chi connectivity index (χ1n) is 8.62. The van der Waals surface area contributed by atoms with Gasteiger partial charge in [0.25, 0.3) is 0 Å². The molecule has 6 nitrogen and oxygen atoms in total. The molecule has 26 heavy (non-hydrogen) atoms. The molecule has 0 aliphatic carbocycles. The van der Waals surface area contributed by atoms with E-state index in [-0.39, 0.29) is 0 Å². The van der Waals surface area contributed by atoms with Crippen LogP contribution in [-0.2, 0) is 16.1 Å². The predicted molar refractivity (Wildman–Crippen MR) is 101 cm³/mol. The molecular weight excluding hydrogens is 354 g/mol. The quantitative estimate of drug-likeness (QED) is 0.445. The molecule has 2 heterocycles. The van der Waals surface area contributed by atoms with Crippen LogP contribution in [0, 0.1) is 5.92 Å². The van der Waals surface area contributed by atoms with Crippen LogP contribution in [0.1, 0.15) is 49.7 Å². The lowest BCUT2D eigenvalue weighted by atomic mass is 9.93. The first kappa shape index (κ1) is 21.9. The molecule has 2 aromatic heterocycles. The van der Waals surface area contributed by atoms with Crippen LogP contribution >= 0.6 is 11.3 Å². The van der Waals surface area contributed by atoms with E-state index in [4.69, 9.17) is 24.2 Å². The summed E-state index contributed by atoms with van der Waals surface area (Å²) >= 11 is 1.81. The molecule has 0 spiro atoms. The molecule has 0 fully saturated rings. The number of aliphatic carboxylic acids is 2. The average Bonchev–Trinajstić information content (AvgIpc) is 3.28. The smallest absolute Gasteiger partial charge is 0.414 e. The van der Waals surface area contributed by atoms with Gasteiger partial charge in [0.05, 0.1) is 6.26 Å². The van der Waals surface area contributed by atoms with Gasteiger partial charge in [-0.05, 0) is 48.9 Å². The second-order valence-electron chi connectivity index (χ2n) is 6.34. The summed E-state index contributed by atoms with van der Waals surface area (Å²) in [6.45, 7) is 6.59. The van der Waals surface area contributed by atoms with E-state index in [0.717, 1.165) is 31.2 Å². The summed E-state index contributed by atoms with van der Waals surface area (Å²) in [4.78, 5) is 19.6. The number of carbonyl (C=O) groups is 2. The molecule has 0 amide bonds. The fourth-order valence-electron chi connectivity index (χ4n) is 2.39. The van der Waals surface area contributed by atoms with E-state index in [1.807, 2.05) is 17.4 Å². The molecule has 0 aliphatic rings. The van der Waals surface area contributed by atoms with Crippen molar-refractivity contribution in [2.75, 3.05) is 6.54 Å². The molecule has 0 saturated heterocycles. The highest BCUT2D eigenvalue weighted by Gasteiger charge is 2.14. The Bertz CT molecular complexity index is 610. The number of hydrogen-bond donors (Lipinski definition) is 3. The van der Waals surface area contributed by atoms with Crippen LogP contribution in [0.15, 0.2) is 40.3 Å². The highest BCUT2D eigenvalue weighted by atomic mass is 32.1. The third kappa shape index (κ3) is 9.39. The van der Waals surface area contributed by atoms with E-state index in [1.165, 1.54) is 17.7 Å². The molecule has 2 aromatic rings. The molecule has 144 valence electrons. The third-order valence-electron chi connectivity index (χ3n) is 3.77. The first-order chi connectivity index (χ1) is 12.4. The molecule has 0 aromatic carbocycles. The largest absolute Gasteiger partial charge is 0.473 e. The molecule has 0 saturated carbocycles. The van der Waals surface area contributed by atoms with Crippen LogP contribution in [0.25, 0.3) is 0 Å². The number of furan rings is 1. The fraction of sp³-hybridized carbons (Fsp3) is 0.474. The zero-order chi connectivity index (χ0) is 19.4. The third-order valence-corrected chi connectivity index (χ3v) is 4.65. The van der Waals surface area contributed by atoms with E-state index in [9.17, 15) is 0 Å². The van der Waals surface area contributed by atoms with Crippen molar-refractivity contribution in [3.8, 4) is 0 Å². The van der Waals surface area contributed by atoms with Gasteiger partial charge in [-0.2, -0.15) is 0 Å². The fourth-order valence-corrected chi connectivity index (χ4v) is 3.06. The second-order valence-corrected chi connectivity index (χ2v) is 7.37. The van der Waals surface area contributed by atoms with Crippen LogP contribution in [-0.4, -0.2) is 28.7 Å². The Morgan fingerprint density at radius 2 is 1.85 bits per heavy atom. The SMILES string of the molecule is CC(C)CCC(CCNCc1cccs1)c1ccco1.O=C(O)C(=O)O. The first-order valence-corrected chi connectivity index (χ1v) is 9.50. The number of carboxylic acids is 2. The Morgan fingerprint density at radius 3 is 2.35 bits per heavy atom. The van der Waals surface area contributed by atoms with Crippen molar-refractivity contribution in [2.45, 2.75) is 45.6 Å². The summed E-state index contributed by atoms with van der Waals surface area (Å²) in [5.41, 5.74) is 0.